The highest BCUT2D eigenvalue weighted by molar-refractivity contribution is 5.75. The van der Waals surface area contributed by atoms with Crippen LogP contribution >= 0.6 is 0 Å². The van der Waals surface area contributed by atoms with E-state index >= 15 is 0 Å². The summed E-state index contributed by atoms with van der Waals surface area (Å²) in [6.07, 6.45) is 0.422. The highest BCUT2D eigenvalue weighted by atomic mass is 16.5. The lowest BCUT2D eigenvalue weighted by Crippen LogP contribution is -2.33. The van der Waals surface area contributed by atoms with Gasteiger partial charge in [0.05, 0.1) is 13.7 Å². The van der Waals surface area contributed by atoms with Gasteiger partial charge in [0.1, 0.15) is 6.04 Å². The second kappa shape index (κ2) is 5.13. The third-order valence-corrected chi connectivity index (χ3v) is 2.02. The zero-order valence-corrected chi connectivity index (χ0v) is 8.43. The van der Waals surface area contributed by atoms with Crippen LogP contribution in [0.2, 0.25) is 0 Å². The van der Waals surface area contributed by atoms with Crippen molar-refractivity contribution in [2.75, 3.05) is 7.11 Å². The molecule has 4 heteroatoms. The second-order valence-corrected chi connectivity index (χ2v) is 3.11. The van der Waals surface area contributed by atoms with Gasteiger partial charge in [-0.1, -0.05) is 24.3 Å². The van der Waals surface area contributed by atoms with E-state index < -0.39 is 12.0 Å². The van der Waals surface area contributed by atoms with Crippen LogP contribution in [0.15, 0.2) is 24.3 Å². The second-order valence-electron chi connectivity index (χ2n) is 3.11. The monoisotopic (exact) mass is 204 g/mol. The van der Waals surface area contributed by atoms with Gasteiger partial charge in [0.2, 0.25) is 0 Å². The lowest BCUT2D eigenvalue weighted by atomic mass is 10.1. The van der Waals surface area contributed by atoms with Crippen molar-refractivity contribution >= 4 is 11.7 Å². The van der Waals surface area contributed by atoms with Crippen LogP contribution in [0.3, 0.4) is 0 Å². The smallest absolute Gasteiger partial charge is 0.322 e. The van der Waals surface area contributed by atoms with E-state index in [1.54, 1.807) is 24.3 Å². The molecule has 0 radical (unpaired) electrons. The van der Waals surface area contributed by atoms with Crippen LogP contribution < -0.4 is 5.73 Å². The van der Waals surface area contributed by atoms with Crippen molar-refractivity contribution in [2.45, 2.75) is 12.5 Å². The van der Waals surface area contributed by atoms with Gasteiger partial charge in [-0.3, -0.25) is 4.79 Å². The minimum absolute atomic E-state index is 0.422. The summed E-state index contributed by atoms with van der Waals surface area (Å²) >= 11 is 0. The summed E-state index contributed by atoms with van der Waals surface area (Å²) in [4.78, 5) is 14.3. The van der Waals surface area contributed by atoms with Crippen molar-refractivity contribution in [1.82, 2.24) is 0 Å². The summed E-state index contributed by atoms with van der Waals surface area (Å²) in [6.45, 7) is 6.78. The molecule has 1 aromatic carbocycles. The Balaban J connectivity index is 2.66. The first-order chi connectivity index (χ1) is 7.17. The van der Waals surface area contributed by atoms with Crippen molar-refractivity contribution in [2.24, 2.45) is 5.73 Å². The van der Waals surface area contributed by atoms with Gasteiger partial charge in [-0.05, 0) is 12.0 Å². The zero-order valence-electron chi connectivity index (χ0n) is 8.43. The van der Waals surface area contributed by atoms with Gasteiger partial charge >= 0.3 is 5.97 Å². The first-order valence-corrected chi connectivity index (χ1v) is 4.47. The largest absolute Gasteiger partial charge is 0.468 e. The number of esters is 1. The van der Waals surface area contributed by atoms with Crippen molar-refractivity contribution < 1.29 is 9.53 Å². The van der Waals surface area contributed by atoms with Crippen molar-refractivity contribution in [3.8, 4) is 0 Å². The van der Waals surface area contributed by atoms with E-state index in [1.807, 2.05) is 0 Å². The number of carbonyl (C=O) groups excluding carboxylic acids is 1. The van der Waals surface area contributed by atoms with Crippen LogP contribution in [0, 0.1) is 6.57 Å². The van der Waals surface area contributed by atoms with Crippen LogP contribution in [0.25, 0.3) is 4.85 Å². The molecule has 0 aliphatic rings. The molecule has 1 unspecified atom stereocenters. The number of carbonyl (C=O) groups is 1. The van der Waals surface area contributed by atoms with E-state index in [2.05, 4.69) is 9.58 Å². The number of benzene rings is 1. The van der Waals surface area contributed by atoms with Crippen molar-refractivity contribution in [3.63, 3.8) is 0 Å². The molecule has 0 aromatic heterocycles. The van der Waals surface area contributed by atoms with Gasteiger partial charge in [-0.15, -0.1) is 0 Å². The summed E-state index contributed by atoms with van der Waals surface area (Å²) < 4.78 is 4.52. The van der Waals surface area contributed by atoms with E-state index in [9.17, 15) is 4.79 Å². The lowest BCUT2D eigenvalue weighted by molar-refractivity contribution is -0.142. The van der Waals surface area contributed by atoms with E-state index in [0.717, 1.165) is 5.56 Å². The van der Waals surface area contributed by atoms with E-state index in [1.165, 1.54) is 7.11 Å². The molecule has 1 aromatic rings. The molecule has 1 atom stereocenters. The molecular weight excluding hydrogens is 192 g/mol. The normalized spacial score (nSPS) is 11.5. The third-order valence-electron chi connectivity index (χ3n) is 2.02. The van der Waals surface area contributed by atoms with Gasteiger partial charge in [0.25, 0.3) is 0 Å². The number of ether oxygens (including phenoxy) is 1. The Morgan fingerprint density at radius 2 is 2.13 bits per heavy atom. The lowest BCUT2D eigenvalue weighted by Gasteiger charge is -2.08. The quantitative estimate of drug-likeness (QED) is 0.596. The van der Waals surface area contributed by atoms with Crippen LogP contribution in [0.5, 0.6) is 0 Å². The molecule has 0 aliphatic carbocycles. The first-order valence-electron chi connectivity index (χ1n) is 4.47. The molecular formula is C11H12N2O2. The van der Waals surface area contributed by atoms with Crippen LogP contribution in [-0.2, 0) is 16.0 Å². The predicted octanol–water partition coefficient (Wildman–Crippen LogP) is 1.28. The van der Waals surface area contributed by atoms with Crippen LogP contribution in [0.1, 0.15) is 5.56 Å². The summed E-state index contributed by atoms with van der Waals surface area (Å²) in [5, 5.41) is 0. The van der Waals surface area contributed by atoms with Crippen LogP contribution in [-0.4, -0.2) is 19.1 Å². The maximum Gasteiger partial charge on any atom is 0.322 e. The molecule has 1 rings (SSSR count). The van der Waals surface area contributed by atoms with E-state index in [4.69, 9.17) is 12.3 Å². The fourth-order valence-electron chi connectivity index (χ4n) is 1.20. The maximum atomic E-state index is 11.0. The van der Waals surface area contributed by atoms with Gasteiger partial charge < -0.3 is 10.5 Å². The third kappa shape index (κ3) is 3.08. The van der Waals surface area contributed by atoms with E-state index in [0.29, 0.717) is 12.1 Å². The molecule has 0 aliphatic heterocycles. The molecule has 2 N–H and O–H groups in total. The van der Waals surface area contributed by atoms with E-state index in [-0.39, 0.29) is 0 Å². The van der Waals surface area contributed by atoms with Crippen molar-refractivity contribution in [1.29, 1.82) is 0 Å². The SMILES string of the molecule is [C-]#[N+]c1ccc(CC(N)C(=O)OC)cc1. The van der Waals surface area contributed by atoms with Crippen LogP contribution in [0.4, 0.5) is 5.69 Å². The zero-order chi connectivity index (χ0) is 11.3. The Morgan fingerprint density at radius 3 is 2.60 bits per heavy atom. The molecule has 0 heterocycles. The number of nitrogens with zero attached hydrogens (tertiary/aromatic N) is 1. The Hall–Kier alpha value is -1.86. The average Bonchev–Trinajstić information content (AvgIpc) is 2.29. The molecule has 0 fully saturated rings. The number of methoxy groups -OCH3 is 1. The van der Waals surface area contributed by atoms with Crippen molar-refractivity contribution in [3.05, 3.63) is 41.2 Å². The standard InChI is InChI=1S/C11H12N2O2/c1-13-9-5-3-8(4-6-9)7-10(12)11(14)15-2/h3-6,10H,7,12H2,2H3. The van der Waals surface area contributed by atoms with Gasteiger partial charge in [0.15, 0.2) is 5.69 Å². The summed E-state index contributed by atoms with van der Waals surface area (Å²) in [6, 6.07) is 6.33. The average molecular weight is 204 g/mol. The Labute approximate surface area is 88.5 Å². The maximum absolute atomic E-state index is 11.0. The number of hydrogen-bond acceptors (Lipinski definition) is 3. The number of rotatable bonds is 3. The molecule has 0 bridgehead atoms. The Morgan fingerprint density at radius 1 is 1.53 bits per heavy atom. The Bertz CT molecular complexity index is 379. The topological polar surface area (TPSA) is 56.7 Å². The number of hydrogen-bond donors (Lipinski definition) is 1. The summed E-state index contributed by atoms with van der Waals surface area (Å²) in [5.74, 6) is -0.427. The minimum Gasteiger partial charge on any atom is -0.468 e. The molecule has 4 nitrogen and oxygen atoms in total. The number of nitrogens with two attached hydrogens (primary N) is 1. The molecule has 15 heavy (non-hydrogen) atoms. The molecule has 78 valence electrons. The molecule has 0 saturated carbocycles. The Kier molecular flexibility index (Phi) is 3.83. The summed E-state index contributed by atoms with van der Waals surface area (Å²) in [5.41, 5.74) is 7.09. The van der Waals surface area contributed by atoms with Gasteiger partial charge in [-0.2, -0.15) is 0 Å². The summed E-state index contributed by atoms with van der Waals surface area (Å²) in [7, 11) is 1.31. The molecule has 0 spiro atoms. The molecule has 0 amide bonds. The predicted molar refractivity (Wildman–Crippen MR) is 56.4 cm³/mol. The minimum atomic E-state index is -0.645. The fourth-order valence-corrected chi connectivity index (χ4v) is 1.20. The highest BCUT2D eigenvalue weighted by Gasteiger charge is 2.13. The fraction of sp³-hybridized carbons (Fsp3) is 0.273. The van der Waals surface area contributed by atoms with Gasteiger partial charge in [0, 0.05) is 0 Å². The van der Waals surface area contributed by atoms with Gasteiger partial charge in [-0.25, -0.2) is 4.85 Å². The molecule has 0 saturated heterocycles. The first kappa shape index (κ1) is 11.2. The highest BCUT2D eigenvalue weighted by Crippen LogP contribution is 2.13.